The summed E-state index contributed by atoms with van der Waals surface area (Å²) in [5.41, 5.74) is 12.5. The molecule has 2 atom stereocenters. The maximum absolute atomic E-state index is 13.5. The van der Waals surface area contributed by atoms with Gasteiger partial charge in [0, 0.05) is 13.1 Å². The third-order valence-electron chi connectivity index (χ3n) is 6.46. The van der Waals surface area contributed by atoms with E-state index in [4.69, 9.17) is 16.5 Å². The molecular weight excluding hydrogens is 336 g/mol. The number of carbonyl (C=O) groups is 1. The van der Waals surface area contributed by atoms with E-state index in [1.54, 1.807) is 4.90 Å². The summed E-state index contributed by atoms with van der Waals surface area (Å²) < 4.78 is 0. The van der Waals surface area contributed by atoms with Crippen LogP contribution in [0.5, 0.6) is 0 Å². The van der Waals surface area contributed by atoms with Crippen molar-refractivity contribution in [3.63, 3.8) is 0 Å². The second-order valence-electron chi connectivity index (χ2n) is 8.57. The van der Waals surface area contributed by atoms with Crippen LogP contribution in [0.25, 0.3) is 0 Å². The Balaban J connectivity index is 1.70. The molecule has 4 N–H and O–H groups in total. The van der Waals surface area contributed by atoms with Crippen molar-refractivity contribution in [2.24, 2.45) is 28.3 Å². The van der Waals surface area contributed by atoms with Crippen molar-refractivity contribution in [2.45, 2.75) is 76.7 Å². The van der Waals surface area contributed by atoms with E-state index in [9.17, 15) is 4.79 Å². The first-order chi connectivity index (χ1) is 13.1. The maximum atomic E-state index is 13.5. The quantitative estimate of drug-likeness (QED) is 0.684. The average molecular weight is 373 g/mol. The molecule has 1 aliphatic heterocycles. The van der Waals surface area contributed by atoms with E-state index in [1.807, 2.05) is 0 Å². The second kappa shape index (κ2) is 9.05. The van der Waals surface area contributed by atoms with Gasteiger partial charge in [-0.15, -0.1) is 0 Å². The van der Waals surface area contributed by atoms with E-state index in [-0.39, 0.29) is 11.8 Å². The number of carbonyl (C=O) groups excluding carboxylic acids is 1. The van der Waals surface area contributed by atoms with Crippen LogP contribution in [0.2, 0.25) is 0 Å². The molecule has 0 radical (unpaired) electrons. The molecule has 150 valence electrons. The molecule has 0 saturated heterocycles. The van der Waals surface area contributed by atoms with Crippen molar-refractivity contribution < 1.29 is 4.79 Å². The van der Waals surface area contributed by atoms with Crippen LogP contribution in [-0.4, -0.2) is 35.4 Å². The molecule has 3 rings (SSSR count). The van der Waals surface area contributed by atoms with E-state index < -0.39 is 5.54 Å². The second-order valence-corrected chi connectivity index (χ2v) is 8.57. The van der Waals surface area contributed by atoms with Gasteiger partial charge in [-0.05, 0) is 36.7 Å². The van der Waals surface area contributed by atoms with E-state index in [0.29, 0.717) is 25.0 Å². The Morgan fingerprint density at radius 1 is 1.30 bits per heavy atom. The maximum Gasteiger partial charge on any atom is 0.257 e. The molecular formula is C22H36N4O. The fourth-order valence-electron chi connectivity index (χ4n) is 4.83. The van der Waals surface area contributed by atoms with E-state index in [1.165, 1.54) is 32.1 Å². The Bertz CT molecular complexity index is 618. The summed E-state index contributed by atoms with van der Waals surface area (Å²) in [6, 6.07) is 0. The molecule has 3 aliphatic rings. The molecule has 5 nitrogen and oxygen atoms in total. The number of rotatable bonds is 8. The molecule has 5 heteroatoms. The number of nitrogens with two attached hydrogens (primary N) is 2. The van der Waals surface area contributed by atoms with Crippen molar-refractivity contribution in [3.05, 3.63) is 23.8 Å². The summed E-state index contributed by atoms with van der Waals surface area (Å²) in [5.74, 6) is 1.46. The van der Waals surface area contributed by atoms with Crippen LogP contribution in [0, 0.1) is 11.8 Å². The summed E-state index contributed by atoms with van der Waals surface area (Å²) in [5, 5.41) is 0. The fraction of sp³-hybridized carbons (Fsp3) is 0.727. The Morgan fingerprint density at radius 3 is 2.70 bits per heavy atom. The van der Waals surface area contributed by atoms with Crippen molar-refractivity contribution >= 4 is 11.9 Å². The molecule has 0 aromatic heterocycles. The molecule has 1 amide bonds. The van der Waals surface area contributed by atoms with Gasteiger partial charge in [-0.3, -0.25) is 9.69 Å². The first-order valence-electron chi connectivity index (χ1n) is 10.8. The number of amides is 1. The van der Waals surface area contributed by atoms with Gasteiger partial charge in [-0.1, -0.05) is 70.1 Å². The predicted molar refractivity (Wildman–Crippen MR) is 111 cm³/mol. The highest BCUT2D eigenvalue weighted by Crippen LogP contribution is 2.39. The SMILES string of the molecule is CCCCC1(CC2CCCCC2)N=C(N)N(CC2C=CC(CN)=CC2)C1=O. The lowest BCUT2D eigenvalue weighted by Crippen LogP contribution is -2.47. The highest BCUT2D eigenvalue weighted by Gasteiger charge is 2.48. The summed E-state index contributed by atoms with van der Waals surface area (Å²) >= 11 is 0. The van der Waals surface area contributed by atoms with Crippen LogP contribution in [0.4, 0.5) is 0 Å². The Kier molecular flexibility index (Phi) is 6.74. The lowest BCUT2D eigenvalue weighted by Gasteiger charge is -2.32. The fourth-order valence-corrected chi connectivity index (χ4v) is 4.83. The zero-order valence-electron chi connectivity index (χ0n) is 16.8. The van der Waals surface area contributed by atoms with Gasteiger partial charge in [0.2, 0.25) is 0 Å². The molecule has 1 fully saturated rings. The molecule has 0 aromatic carbocycles. The predicted octanol–water partition coefficient (Wildman–Crippen LogP) is 3.50. The van der Waals surface area contributed by atoms with E-state index in [0.717, 1.165) is 37.7 Å². The van der Waals surface area contributed by atoms with Crippen LogP contribution in [-0.2, 0) is 4.79 Å². The molecule has 2 aliphatic carbocycles. The summed E-state index contributed by atoms with van der Waals surface area (Å²) in [4.78, 5) is 20.1. The van der Waals surface area contributed by atoms with Gasteiger partial charge in [-0.25, -0.2) is 4.99 Å². The van der Waals surface area contributed by atoms with Gasteiger partial charge in [0.15, 0.2) is 5.96 Å². The van der Waals surface area contributed by atoms with Gasteiger partial charge in [0.25, 0.3) is 5.91 Å². The molecule has 2 unspecified atom stereocenters. The summed E-state index contributed by atoms with van der Waals surface area (Å²) in [7, 11) is 0. The summed E-state index contributed by atoms with van der Waals surface area (Å²) in [6.45, 7) is 3.36. The minimum absolute atomic E-state index is 0.140. The normalized spacial score (nSPS) is 29.2. The number of hydrogen-bond donors (Lipinski definition) is 2. The lowest BCUT2D eigenvalue weighted by atomic mass is 9.77. The number of nitrogens with zero attached hydrogens (tertiary/aromatic N) is 2. The molecule has 0 bridgehead atoms. The van der Waals surface area contributed by atoms with Gasteiger partial charge in [-0.2, -0.15) is 0 Å². The van der Waals surface area contributed by atoms with Crippen LogP contribution < -0.4 is 11.5 Å². The molecule has 1 heterocycles. The third kappa shape index (κ3) is 4.63. The van der Waals surface area contributed by atoms with Gasteiger partial charge in [0.05, 0.1) is 0 Å². The largest absolute Gasteiger partial charge is 0.369 e. The van der Waals surface area contributed by atoms with Crippen LogP contribution >= 0.6 is 0 Å². The Hall–Kier alpha value is -1.62. The Labute approximate surface area is 164 Å². The molecule has 27 heavy (non-hydrogen) atoms. The zero-order valence-corrected chi connectivity index (χ0v) is 16.8. The number of aliphatic imine (C=N–C) groups is 1. The van der Waals surface area contributed by atoms with Crippen LogP contribution in [0.15, 0.2) is 28.8 Å². The molecule has 0 spiro atoms. The first-order valence-corrected chi connectivity index (χ1v) is 10.8. The number of guanidine groups is 1. The minimum atomic E-state index is -0.612. The van der Waals surface area contributed by atoms with Gasteiger partial charge in [0.1, 0.15) is 5.54 Å². The van der Waals surface area contributed by atoms with Crippen molar-refractivity contribution in [3.8, 4) is 0 Å². The van der Waals surface area contributed by atoms with Crippen molar-refractivity contribution in [1.29, 1.82) is 0 Å². The molecule has 1 saturated carbocycles. The Morgan fingerprint density at radius 2 is 2.07 bits per heavy atom. The monoisotopic (exact) mass is 372 g/mol. The minimum Gasteiger partial charge on any atom is -0.369 e. The smallest absolute Gasteiger partial charge is 0.257 e. The molecule has 0 aromatic rings. The third-order valence-corrected chi connectivity index (χ3v) is 6.46. The van der Waals surface area contributed by atoms with Crippen molar-refractivity contribution in [2.75, 3.05) is 13.1 Å². The first kappa shape index (κ1) is 20.1. The van der Waals surface area contributed by atoms with Crippen LogP contribution in [0.3, 0.4) is 0 Å². The number of hydrogen-bond acceptors (Lipinski definition) is 4. The highest BCUT2D eigenvalue weighted by atomic mass is 16.2. The topological polar surface area (TPSA) is 84.7 Å². The number of allylic oxidation sites excluding steroid dienone is 1. The lowest BCUT2D eigenvalue weighted by molar-refractivity contribution is -0.132. The van der Waals surface area contributed by atoms with E-state index >= 15 is 0 Å². The van der Waals surface area contributed by atoms with Crippen LogP contribution in [0.1, 0.15) is 71.1 Å². The average Bonchev–Trinajstić information content (AvgIpc) is 2.92. The van der Waals surface area contributed by atoms with E-state index in [2.05, 4.69) is 25.2 Å². The van der Waals surface area contributed by atoms with Gasteiger partial charge >= 0.3 is 0 Å². The standard InChI is InChI=1S/C22H36N4O/c1-2-3-13-22(14-17-7-5-4-6-8-17)20(27)26(21(24)25-22)16-19-11-9-18(15-23)10-12-19/h9-11,17,19H,2-8,12-16,23H2,1H3,(H2,24,25). The van der Waals surface area contributed by atoms with Gasteiger partial charge < -0.3 is 11.5 Å². The highest BCUT2D eigenvalue weighted by molar-refractivity contribution is 6.06. The van der Waals surface area contributed by atoms with Crippen molar-refractivity contribution in [1.82, 2.24) is 4.90 Å². The summed E-state index contributed by atoms with van der Waals surface area (Å²) in [6.07, 6.45) is 17.5. The number of unbranched alkanes of at least 4 members (excludes halogenated alkanes) is 1. The zero-order chi connectivity index (χ0) is 19.3.